The quantitative estimate of drug-likeness (QED) is 0.463. The van der Waals surface area contributed by atoms with Crippen molar-refractivity contribution in [1.82, 2.24) is 10.4 Å². The van der Waals surface area contributed by atoms with Gasteiger partial charge in [0.2, 0.25) is 0 Å². The molecule has 1 aliphatic rings. The van der Waals surface area contributed by atoms with Crippen LogP contribution in [-0.2, 0) is 4.79 Å². The van der Waals surface area contributed by atoms with Gasteiger partial charge in [-0.05, 0) is 62.3 Å². The van der Waals surface area contributed by atoms with Crippen molar-refractivity contribution in [1.29, 1.82) is 0 Å². The molecular formula is C22H21ClN2O3S2. The summed E-state index contributed by atoms with van der Waals surface area (Å²) in [4.78, 5) is 25.9. The zero-order valence-electron chi connectivity index (χ0n) is 16.8. The largest absolute Gasteiger partial charge is 0.490 e. The van der Waals surface area contributed by atoms with Gasteiger partial charge in [0, 0.05) is 5.56 Å². The third-order valence-electron chi connectivity index (χ3n) is 4.48. The molecule has 0 unspecified atom stereocenters. The van der Waals surface area contributed by atoms with Gasteiger partial charge in [0.05, 0.1) is 21.6 Å². The second-order valence-electron chi connectivity index (χ2n) is 6.82. The van der Waals surface area contributed by atoms with Gasteiger partial charge in [0.15, 0.2) is 4.32 Å². The Morgan fingerprint density at radius 3 is 2.77 bits per heavy atom. The molecule has 1 heterocycles. The van der Waals surface area contributed by atoms with E-state index >= 15 is 0 Å². The van der Waals surface area contributed by atoms with Crippen LogP contribution in [0.1, 0.15) is 41.8 Å². The van der Waals surface area contributed by atoms with Crippen molar-refractivity contribution in [3.63, 3.8) is 0 Å². The van der Waals surface area contributed by atoms with E-state index in [1.165, 1.54) is 0 Å². The zero-order valence-corrected chi connectivity index (χ0v) is 19.2. The molecule has 0 radical (unpaired) electrons. The van der Waals surface area contributed by atoms with Crippen LogP contribution in [0.2, 0.25) is 5.02 Å². The summed E-state index contributed by atoms with van der Waals surface area (Å²) in [6.07, 6.45) is 2.64. The Morgan fingerprint density at radius 2 is 2.07 bits per heavy atom. The topological polar surface area (TPSA) is 58.6 Å². The molecule has 2 aromatic rings. The molecule has 2 amide bonds. The number of carbonyl (C=O) groups excluding carboxylic acids is 2. The first-order valence-electron chi connectivity index (χ1n) is 9.41. The smallest absolute Gasteiger partial charge is 0.285 e. The highest BCUT2D eigenvalue weighted by Crippen LogP contribution is 2.34. The van der Waals surface area contributed by atoms with Gasteiger partial charge in [0.25, 0.3) is 11.8 Å². The molecule has 1 aliphatic heterocycles. The number of rotatable bonds is 6. The fraction of sp³-hybridized carbons (Fsp3) is 0.227. The van der Waals surface area contributed by atoms with Gasteiger partial charge in [-0.25, -0.2) is 0 Å². The number of amides is 2. The first kappa shape index (κ1) is 22.3. The van der Waals surface area contributed by atoms with Crippen LogP contribution in [0.3, 0.4) is 0 Å². The second-order valence-corrected chi connectivity index (χ2v) is 8.90. The number of benzene rings is 2. The summed E-state index contributed by atoms with van der Waals surface area (Å²) in [5.74, 6) is -0.217. The lowest BCUT2D eigenvalue weighted by Crippen LogP contribution is -2.44. The van der Waals surface area contributed by atoms with Crippen LogP contribution in [-0.4, -0.2) is 27.2 Å². The van der Waals surface area contributed by atoms with Gasteiger partial charge in [-0.3, -0.25) is 15.0 Å². The maximum atomic E-state index is 12.9. The van der Waals surface area contributed by atoms with Crippen molar-refractivity contribution in [2.75, 3.05) is 0 Å². The predicted molar refractivity (Wildman–Crippen MR) is 125 cm³/mol. The molecule has 1 saturated heterocycles. The van der Waals surface area contributed by atoms with Crippen molar-refractivity contribution < 1.29 is 14.3 Å². The lowest BCUT2D eigenvalue weighted by molar-refractivity contribution is -0.123. The minimum absolute atomic E-state index is 0.0487. The Hall–Kier alpha value is -2.35. The zero-order chi connectivity index (χ0) is 21.8. The standard InChI is InChI=1S/C22H21ClN2O3S2/c1-4-14(3)28-18-8-6-5-7-15(18)12-19-21(27)25(22(29)30-19)24-20(26)16-10-9-13(2)11-17(16)23/h5-12,14H,4H2,1-3H3,(H,24,26)/b19-12+/t14-/m0/s1. The van der Waals surface area contributed by atoms with Crippen molar-refractivity contribution in [3.05, 3.63) is 69.1 Å². The van der Waals surface area contributed by atoms with E-state index in [4.69, 9.17) is 28.6 Å². The summed E-state index contributed by atoms with van der Waals surface area (Å²) in [5.41, 5.74) is 4.53. The Balaban J connectivity index is 1.81. The number of halogens is 1. The number of thiocarbonyl (C=S) groups is 1. The number of nitrogens with zero attached hydrogens (tertiary/aromatic N) is 1. The second kappa shape index (κ2) is 9.64. The van der Waals surface area contributed by atoms with Crippen molar-refractivity contribution in [2.24, 2.45) is 0 Å². The van der Waals surface area contributed by atoms with Crippen LogP contribution in [0.4, 0.5) is 0 Å². The number of nitrogens with one attached hydrogen (secondary N) is 1. The summed E-state index contributed by atoms with van der Waals surface area (Å²) in [5, 5.41) is 1.38. The van der Waals surface area contributed by atoms with Crippen LogP contribution in [0, 0.1) is 6.92 Å². The molecule has 0 aliphatic carbocycles. The molecule has 5 nitrogen and oxygen atoms in total. The number of hydrogen-bond acceptors (Lipinski definition) is 5. The number of hydrogen-bond donors (Lipinski definition) is 1. The van der Waals surface area contributed by atoms with Crippen molar-refractivity contribution in [3.8, 4) is 5.75 Å². The molecule has 3 rings (SSSR count). The average Bonchev–Trinajstić information content (AvgIpc) is 2.96. The molecule has 8 heteroatoms. The number of thioether (sulfide) groups is 1. The van der Waals surface area contributed by atoms with Gasteiger partial charge >= 0.3 is 0 Å². The third-order valence-corrected chi connectivity index (χ3v) is 6.10. The Morgan fingerprint density at radius 1 is 1.33 bits per heavy atom. The van der Waals surface area contributed by atoms with E-state index < -0.39 is 11.8 Å². The number of para-hydroxylation sites is 1. The summed E-state index contributed by atoms with van der Waals surface area (Å²) in [6, 6.07) is 12.6. The first-order chi connectivity index (χ1) is 14.3. The van der Waals surface area contributed by atoms with Gasteiger partial charge in [-0.1, -0.05) is 54.6 Å². The molecule has 30 heavy (non-hydrogen) atoms. The number of hydrazine groups is 1. The minimum Gasteiger partial charge on any atom is -0.490 e. The highest BCUT2D eigenvalue weighted by molar-refractivity contribution is 8.26. The molecule has 1 atom stereocenters. The minimum atomic E-state index is -0.502. The highest BCUT2D eigenvalue weighted by Gasteiger charge is 2.34. The monoisotopic (exact) mass is 460 g/mol. The normalized spacial score (nSPS) is 16.1. The molecule has 1 fully saturated rings. The lowest BCUT2D eigenvalue weighted by atomic mass is 10.1. The summed E-state index contributed by atoms with van der Waals surface area (Å²) in [6.45, 7) is 5.91. The maximum Gasteiger partial charge on any atom is 0.285 e. The summed E-state index contributed by atoms with van der Waals surface area (Å²) >= 11 is 12.6. The van der Waals surface area contributed by atoms with E-state index in [-0.39, 0.29) is 16.0 Å². The Bertz CT molecular complexity index is 1040. The molecule has 1 N–H and O–H groups in total. The van der Waals surface area contributed by atoms with Gasteiger partial charge < -0.3 is 4.74 Å². The number of ether oxygens (including phenoxy) is 1. The van der Waals surface area contributed by atoms with Gasteiger partial charge in [0.1, 0.15) is 5.75 Å². The van der Waals surface area contributed by atoms with E-state index in [2.05, 4.69) is 5.43 Å². The molecule has 0 bridgehead atoms. The van der Waals surface area contributed by atoms with Crippen molar-refractivity contribution in [2.45, 2.75) is 33.3 Å². The van der Waals surface area contributed by atoms with E-state index in [0.29, 0.717) is 15.7 Å². The maximum absolute atomic E-state index is 12.9. The Labute approximate surface area is 190 Å². The van der Waals surface area contributed by atoms with E-state index in [0.717, 1.165) is 34.3 Å². The van der Waals surface area contributed by atoms with Crippen LogP contribution < -0.4 is 10.2 Å². The fourth-order valence-electron chi connectivity index (χ4n) is 2.68. The van der Waals surface area contributed by atoms with Crippen LogP contribution in [0.15, 0.2) is 47.4 Å². The van der Waals surface area contributed by atoms with Crippen LogP contribution >= 0.6 is 35.6 Å². The van der Waals surface area contributed by atoms with Crippen LogP contribution in [0.25, 0.3) is 6.08 Å². The highest BCUT2D eigenvalue weighted by atomic mass is 35.5. The average molecular weight is 461 g/mol. The van der Waals surface area contributed by atoms with E-state index in [9.17, 15) is 9.59 Å². The summed E-state index contributed by atoms with van der Waals surface area (Å²) in [7, 11) is 0. The summed E-state index contributed by atoms with van der Waals surface area (Å²) < 4.78 is 6.18. The van der Waals surface area contributed by atoms with Crippen LogP contribution in [0.5, 0.6) is 5.75 Å². The molecule has 0 saturated carbocycles. The van der Waals surface area contributed by atoms with E-state index in [1.54, 1.807) is 24.3 Å². The first-order valence-corrected chi connectivity index (χ1v) is 11.0. The van der Waals surface area contributed by atoms with Crippen molar-refractivity contribution >= 4 is 57.8 Å². The molecule has 156 valence electrons. The van der Waals surface area contributed by atoms with E-state index in [1.807, 2.05) is 45.0 Å². The molecule has 0 spiro atoms. The molecular weight excluding hydrogens is 440 g/mol. The predicted octanol–water partition coefficient (Wildman–Crippen LogP) is 5.37. The van der Waals surface area contributed by atoms with Gasteiger partial charge in [-0.2, -0.15) is 5.01 Å². The third kappa shape index (κ3) is 5.03. The fourth-order valence-corrected chi connectivity index (χ4v) is 4.17. The number of aryl methyl sites for hydroxylation is 1. The Kier molecular flexibility index (Phi) is 7.18. The SMILES string of the molecule is CC[C@H](C)Oc1ccccc1/C=C1/SC(=S)N(NC(=O)c2ccc(C)cc2Cl)C1=O. The number of carbonyl (C=O) groups is 2. The van der Waals surface area contributed by atoms with Gasteiger partial charge in [-0.15, -0.1) is 0 Å². The molecule has 2 aromatic carbocycles. The lowest BCUT2D eigenvalue weighted by Gasteiger charge is -2.16. The molecule has 0 aromatic heterocycles.